The van der Waals surface area contributed by atoms with Gasteiger partial charge < -0.3 is 9.84 Å². The molecule has 1 atom stereocenters. The Labute approximate surface area is 95.4 Å². The van der Waals surface area contributed by atoms with Crippen molar-refractivity contribution in [3.8, 4) is 0 Å². The van der Waals surface area contributed by atoms with Gasteiger partial charge >= 0.3 is 5.97 Å². The van der Waals surface area contributed by atoms with Gasteiger partial charge in [-0.2, -0.15) is 0 Å². The van der Waals surface area contributed by atoms with Gasteiger partial charge in [0.05, 0.1) is 6.10 Å². The minimum atomic E-state index is -0.689. The number of aliphatic hydroxyl groups is 1. The fourth-order valence-corrected chi connectivity index (χ4v) is 1.18. The van der Waals surface area contributed by atoms with Gasteiger partial charge in [0.2, 0.25) is 0 Å². The quantitative estimate of drug-likeness (QED) is 0.603. The number of carbonyl (C=O) groups excluding carboxylic acids is 1. The lowest BCUT2D eigenvalue weighted by molar-refractivity contribution is -0.141. The maximum Gasteiger partial charge on any atom is 0.333 e. The first kappa shape index (κ1) is 12.5. The van der Waals surface area contributed by atoms with Crippen LogP contribution in [0.5, 0.6) is 0 Å². The van der Waals surface area contributed by atoms with Crippen molar-refractivity contribution in [3.63, 3.8) is 0 Å². The maximum absolute atomic E-state index is 11.1. The van der Waals surface area contributed by atoms with E-state index in [1.54, 1.807) is 19.1 Å². The summed E-state index contributed by atoms with van der Waals surface area (Å²) in [7, 11) is 0. The van der Waals surface area contributed by atoms with Crippen molar-refractivity contribution in [3.05, 3.63) is 48.0 Å². The number of hydrogen-bond acceptors (Lipinski definition) is 3. The molecule has 0 fully saturated rings. The molecule has 0 saturated carbocycles. The standard InChI is InChI=1S/C13H15O3/c1-10(2)13(15)16-9-12(14)8-11-6-4-3-5-7-11/h4-7,12,14H,1,8-9H2,2H3. The van der Waals surface area contributed by atoms with Gasteiger partial charge in [0.15, 0.2) is 0 Å². The maximum atomic E-state index is 11.1. The number of benzene rings is 1. The van der Waals surface area contributed by atoms with E-state index in [1.165, 1.54) is 0 Å². The highest BCUT2D eigenvalue weighted by molar-refractivity contribution is 5.86. The monoisotopic (exact) mass is 219 g/mol. The Morgan fingerprint density at radius 2 is 2.19 bits per heavy atom. The molecule has 1 aromatic rings. The van der Waals surface area contributed by atoms with Gasteiger partial charge in [0.1, 0.15) is 6.61 Å². The zero-order valence-electron chi connectivity index (χ0n) is 9.27. The molecule has 0 bridgehead atoms. The van der Waals surface area contributed by atoms with Crippen LogP contribution in [0.3, 0.4) is 0 Å². The van der Waals surface area contributed by atoms with E-state index < -0.39 is 12.1 Å². The number of carbonyl (C=O) groups is 1. The molecule has 1 N–H and O–H groups in total. The Hall–Kier alpha value is -1.61. The average Bonchev–Trinajstić information content (AvgIpc) is 2.27. The Morgan fingerprint density at radius 3 is 2.75 bits per heavy atom. The van der Waals surface area contributed by atoms with E-state index in [0.717, 1.165) is 5.56 Å². The van der Waals surface area contributed by atoms with E-state index in [2.05, 4.69) is 12.6 Å². The van der Waals surface area contributed by atoms with Gasteiger partial charge in [-0.05, 0) is 18.6 Å². The highest BCUT2D eigenvalue weighted by Gasteiger charge is 2.09. The zero-order chi connectivity index (χ0) is 12.0. The van der Waals surface area contributed by atoms with Gasteiger partial charge in [-0.1, -0.05) is 30.8 Å². The average molecular weight is 219 g/mol. The second kappa shape index (κ2) is 6.08. The van der Waals surface area contributed by atoms with E-state index in [0.29, 0.717) is 12.0 Å². The third-order valence-corrected chi connectivity index (χ3v) is 2.01. The van der Waals surface area contributed by atoms with E-state index in [1.807, 2.05) is 12.1 Å². The van der Waals surface area contributed by atoms with Gasteiger partial charge in [0.25, 0.3) is 0 Å². The molecule has 0 aromatic heterocycles. The van der Waals surface area contributed by atoms with Crippen molar-refractivity contribution in [1.82, 2.24) is 0 Å². The summed E-state index contributed by atoms with van der Waals surface area (Å²) in [6.07, 6.45) is -0.233. The predicted molar refractivity (Wildman–Crippen MR) is 60.8 cm³/mol. The smallest absolute Gasteiger partial charge is 0.333 e. The molecule has 0 heterocycles. The third kappa shape index (κ3) is 4.28. The van der Waals surface area contributed by atoms with Crippen LogP contribution in [0.1, 0.15) is 12.5 Å². The van der Waals surface area contributed by atoms with Gasteiger partial charge in [-0.15, -0.1) is 0 Å². The molecule has 1 radical (unpaired) electrons. The summed E-state index contributed by atoms with van der Waals surface area (Å²) in [4.78, 5) is 11.1. The molecule has 0 amide bonds. The lowest BCUT2D eigenvalue weighted by Crippen LogP contribution is -2.21. The van der Waals surface area contributed by atoms with Crippen molar-refractivity contribution in [2.24, 2.45) is 0 Å². The van der Waals surface area contributed by atoms with Crippen LogP contribution in [0.15, 0.2) is 36.4 Å². The van der Waals surface area contributed by atoms with Crippen LogP contribution in [0.2, 0.25) is 0 Å². The van der Waals surface area contributed by atoms with Crippen LogP contribution >= 0.6 is 0 Å². The molecule has 1 rings (SSSR count). The molecule has 0 aliphatic carbocycles. The molecule has 85 valence electrons. The second-order valence-corrected chi connectivity index (χ2v) is 3.64. The summed E-state index contributed by atoms with van der Waals surface area (Å²) < 4.78 is 4.84. The Balaban J connectivity index is 2.34. The molecular weight excluding hydrogens is 204 g/mol. The minimum absolute atomic E-state index is 0.00962. The summed E-state index contributed by atoms with van der Waals surface area (Å²) >= 11 is 0. The Bertz CT molecular complexity index is 357. The topological polar surface area (TPSA) is 46.5 Å². The zero-order valence-corrected chi connectivity index (χ0v) is 9.27. The van der Waals surface area contributed by atoms with E-state index in [-0.39, 0.29) is 6.61 Å². The molecule has 0 saturated heterocycles. The normalized spacial score (nSPS) is 11.9. The molecule has 3 heteroatoms. The Kier molecular flexibility index (Phi) is 4.73. The molecule has 16 heavy (non-hydrogen) atoms. The van der Waals surface area contributed by atoms with E-state index in [9.17, 15) is 9.90 Å². The van der Waals surface area contributed by atoms with Crippen LogP contribution in [0.4, 0.5) is 0 Å². The summed E-state index contributed by atoms with van der Waals surface area (Å²) in [6, 6.07) is 10.2. The van der Waals surface area contributed by atoms with Gasteiger partial charge in [-0.25, -0.2) is 4.79 Å². The fourth-order valence-electron chi connectivity index (χ4n) is 1.18. The summed E-state index contributed by atoms with van der Waals surface area (Å²) in [5.41, 5.74) is 1.32. The van der Waals surface area contributed by atoms with E-state index >= 15 is 0 Å². The SMILES string of the molecule is C=C(C)C(=O)OCC(O)Cc1cc[c]cc1. The lowest BCUT2D eigenvalue weighted by Gasteiger charge is -2.11. The first-order valence-corrected chi connectivity index (χ1v) is 5.05. The summed E-state index contributed by atoms with van der Waals surface area (Å²) in [5.74, 6) is -0.472. The molecule has 0 spiro atoms. The van der Waals surface area contributed by atoms with Gasteiger partial charge in [0, 0.05) is 12.0 Å². The van der Waals surface area contributed by atoms with E-state index in [4.69, 9.17) is 4.74 Å². The third-order valence-electron chi connectivity index (χ3n) is 2.01. The number of esters is 1. The number of hydrogen-bond donors (Lipinski definition) is 1. The molecule has 3 nitrogen and oxygen atoms in total. The lowest BCUT2D eigenvalue weighted by atomic mass is 10.1. The van der Waals surface area contributed by atoms with Crippen LogP contribution in [-0.2, 0) is 16.0 Å². The fraction of sp³-hybridized carbons (Fsp3) is 0.308. The van der Waals surface area contributed by atoms with Crippen molar-refractivity contribution in [2.75, 3.05) is 6.61 Å². The van der Waals surface area contributed by atoms with Crippen LogP contribution in [-0.4, -0.2) is 23.8 Å². The molecule has 1 unspecified atom stereocenters. The summed E-state index contributed by atoms with van der Waals surface area (Å²) in [5, 5.41) is 9.62. The molecule has 0 aliphatic rings. The second-order valence-electron chi connectivity index (χ2n) is 3.64. The highest BCUT2D eigenvalue weighted by atomic mass is 16.5. The first-order chi connectivity index (χ1) is 7.59. The molecular formula is C13H15O3. The van der Waals surface area contributed by atoms with Crippen molar-refractivity contribution >= 4 is 5.97 Å². The minimum Gasteiger partial charge on any atom is -0.460 e. The largest absolute Gasteiger partial charge is 0.460 e. The number of rotatable bonds is 5. The van der Waals surface area contributed by atoms with Gasteiger partial charge in [-0.3, -0.25) is 0 Å². The highest BCUT2D eigenvalue weighted by Crippen LogP contribution is 2.03. The van der Waals surface area contributed by atoms with Crippen LogP contribution < -0.4 is 0 Å². The molecule has 1 aromatic carbocycles. The number of ether oxygens (including phenoxy) is 1. The first-order valence-electron chi connectivity index (χ1n) is 5.05. The van der Waals surface area contributed by atoms with Crippen molar-refractivity contribution < 1.29 is 14.6 Å². The molecule has 0 aliphatic heterocycles. The van der Waals surface area contributed by atoms with Crippen LogP contribution in [0, 0.1) is 6.07 Å². The van der Waals surface area contributed by atoms with Crippen molar-refractivity contribution in [2.45, 2.75) is 19.4 Å². The summed E-state index contributed by atoms with van der Waals surface area (Å²) in [6.45, 7) is 5.02. The van der Waals surface area contributed by atoms with Crippen molar-refractivity contribution in [1.29, 1.82) is 0 Å². The predicted octanol–water partition coefficient (Wildman–Crippen LogP) is 1.51. The number of aliphatic hydroxyl groups excluding tert-OH is 1. The Morgan fingerprint density at radius 1 is 1.56 bits per heavy atom. The van der Waals surface area contributed by atoms with Crippen LogP contribution in [0.25, 0.3) is 0 Å².